The van der Waals surface area contributed by atoms with Crippen molar-refractivity contribution in [1.29, 1.82) is 0 Å². The second-order valence-electron chi connectivity index (χ2n) is 1.71. The number of nitrogens with zero attached hydrogens (tertiary/aromatic N) is 2. The number of rotatable bonds is 1. The molecule has 0 aromatic heterocycles. The standard InChI is InChI=1S/C5H10N2O/c1-2-6-4-3-5-7(6)8/h3,5,8H,2,4H2,1H3. The summed E-state index contributed by atoms with van der Waals surface area (Å²) in [6, 6.07) is 0. The Morgan fingerprint density at radius 2 is 2.50 bits per heavy atom. The summed E-state index contributed by atoms with van der Waals surface area (Å²) in [7, 11) is 0. The lowest BCUT2D eigenvalue weighted by molar-refractivity contribution is -0.188. The maximum absolute atomic E-state index is 8.86. The Kier molecular flexibility index (Phi) is 1.50. The Hall–Kier alpha value is -0.540. The summed E-state index contributed by atoms with van der Waals surface area (Å²) in [4.78, 5) is 0. The first kappa shape index (κ1) is 5.59. The fourth-order valence-corrected chi connectivity index (χ4v) is 0.715. The van der Waals surface area contributed by atoms with Gasteiger partial charge in [0, 0.05) is 19.3 Å². The molecule has 3 nitrogen and oxygen atoms in total. The zero-order chi connectivity index (χ0) is 5.98. The number of hydrazine groups is 1. The minimum atomic E-state index is 0.826. The predicted octanol–water partition coefficient (Wildman–Crippen LogP) is 0.442. The molecule has 0 saturated heterocycles. The molecular weight excluding hydrogens is 104 g/mol. The second-order valence-corrected chi connectivity index (χ2v) is 1.71. The molecule has 8 heavy (non-hydrogen) atoms. The van der Waals surface area contributed by atoms with Crippen LogP contribution in [0.2, 0.25) is 0 Å². The number of hydrogen-bond acceptors (Lipinski definition) is 3. The highest BCUT2D eigenvalue weighted by molar-refractivity contribution is 4.86. The molecule has 0 aliphatic carbocycles. The van der Waals surface area contributed by atoms with Gasteiger partial charge in [0.2, 0.25) is 0 Å². The smallest absolute Gasteiger partial charge is 0.0435 e. The van der Waals surface area contributed by atoms with Crippen LogP contribution in [0.5, 0.6) is 0 Å². The molecule has 1 aliphatic heterocycles. The molecule has 0 spiro atoms. The van der Waals surface area contributed by atoms with Gasteiger partial charge in [0.25, 0.3) is 0 Å². The first-order chi connectivity index (χ1) is 3.84. The molecule has 0 radical (unpaired) electrons. The van der Waals surface area contributed by atoms with Crippen molar-refractivity contribution in [3.05, 3.63) is 12.3 Å². The largest absolute Gasteiger partial charge is 0.273 e. The highest BCUT2D eigenvalue weighted by atomic mass is 16.5. The molecule has 0 unspecified atom stereocenters. The molecule has 0 bridgehead atoms. The van der Waals surface area contributed by atoms with Crippen molar-refractivity contribution in [3.8, 4) is 0 Å². The van der Waals surface area contributed by atoms with E-state index in [1.165, 1.54) is 0 Å². The Morgan fingerprint density at radius 3 is 2.75 bits per heavy atom. The van der Waals surface area contributed by atoms with E-state index >= 15 is 0 Å². The predicted molar refractivity (Wildman–Crippen MR) is 30.0 cm³/mol. The number of likely N-dealkylation sites (N-methyl/N-ethyl adjacent to an activating group) is 1. The average Bonchev–Trinajstić information content (AvgIpc) is 2.14. The van der Waals surface area contributed by atoms with Gasteiger partial charge in [-0.3, -0.25) is 5.21 Å². The van der Waals surface area contributed by atoms with Gasteiger partial charge in [-0.25, -0.2) is 0 Å². The summed E-state index contributed by atoms with van der Waals surface area (Å²) in [5.74, 6) is 0. The summed E-state index contributed by atoms with van der Waals surface area (Å²) in [6.45, 7) is 3.67. The van der Waals surface area contributed by atoms with Gasteiger partial charge in [-0.15, -0.1) is 0 Å². The van der Waals surface area contributed by atoms with Crippen LogP contribution in [-0.4, -0.2) is 28.5 Å². The maximum Gasteiger partial charge on any atom is 0.0435 e. The quantitative estimate of drug-likeness (QED) is 0.536. The van der Waals surface area contributed by atoms with Crippen molar-refractivity contribution in [2.45, 2.75) is 6.92 Å². The van der Waals surface area contributed by atoms with E-state index in [-0.39, 0.29) is 0 Å². The van der Waals surface area contributed by atoms with Crippen molar-refractivity contribution >= 4 is 0 Å². The highest BCUT2D eigenvalue weighted by Gasteiger charge is 2.09. The molecule has 1 rings (SSSR count). The maximum atomic E-state index is 8.86. The monoisotopic (exact) mass is 114 g/mol. The second kappa shape index (κ2) is 2.15. The van der Waals surface area contributed by atoms with Gasteiger partial charge in [-0.05, 0) is 6.08 Å². The topological polar surface area (TPSA) is 26.7 Å². The van der Waals surface area contributed by atoms with Gasteiger partial charge in [0.05, 0.1) is 0 Å². The summed E-state index contributed by atoms with van der Waals surface area (Å²) in [5, 5.41) is 11.8. The molecule has 1 aliphatic rings. The molecule has 0 aromatic carbocycles. The Morgan fingerprint density at radius 1 is 1.75 bits per heavy atom. The van der Waals surface area contributed by atoms with E-state index in [4.69, 9.17) is 5.21 Å². The minimum absolute atomic E-state index is 0.826. The molecular formula is C5H10N2O. The van der Waals surface area contributed by atoms with Crippen molar-refractivity contribution in [3.63, 3.8) is 0 Å². The van der Waals surface area contributed by atoms with Gasteiger partial charge < -0.3 is 0 Å². The zero-order valence-electron chi connectivity index (χ0n) is 4.91. The van der Waals surface area contributed by atoms with Gasteiger partial charge >= 0.3 is 0 Å². The van der Waals surface area contributed by atoms with Crippen LogP contribution in [-0.2, 0) is 0 Å². The Bertz CT molecular complexity index is 103. The average molecular weight is 114 g/mol. The van der Waals surface area contributed by atoms with Crippen LogP contribution in [0.15, 0.2) is 12.3 Å². The molecule has 1 heterocycles. The summed E-state index contributed by atoms with van der Waals surface area (Å²) < 4.78 is 0. The Labute approximate surface area is 48.7 Å². The van der Waals surface area contributed by atoms with E-state index in [0.29, 0.717) is 0 Å². The van der Waals surface area contributed by atoms with Gasteiger partial charge in [-0.1, -0.05) is 6.92 Å². The molecule has 0 aromatic rings. The lowest BCUT2D eigenvalue weighted by atomic mass is 10.6. The van der Waals surface area contributed by atoms with E-state index in [2.05, 4.69) is 0 Å². The molecule has 3 heteroatoms. The number of hydroxylamine groups is 1. The van der Waals surface area contributed by atoms with Crippen LogP contribution in [0.1, 0.15) is 6.92 Å². The van der Waals surface area contributed by atoms with Crippen LogP contribution < -0.4 is 0 Å². The lowest BCUT2D eigenvalue weighted by Gasteiger charge is -2.19. The molecule has 0 fully saturated rings. The van der Waals surface area contributed by atoms with Crippen LogP contribution in [0.4, 0.5) is 0 Å². The van der Waals surface area contributed by atoms with Crippen molar-refractivity contribution in [1.82, 2.24) is 10.2 Å². The summed E-state index contributed by atoms with van der Waals surface area (Å²) in [6.07, 6.45) is 3.55. The van der Waals surface area contributed by atoms with E-state index in [1.54, 1.807) is 11.2 Å². The fourth-order valence-electron chi connectivity index (χ4n) is 0.715. The zero-order valence-corrected chi connectivity index (χ0v) is 4.91. The van der Waals surface area contributed by atoms with Crippen LogP contribution in [0.3, 0.4) is 0 Å². The highest BCUT2D eigenvalue weighted by Crippen LogP contribution is 2.01. The molecule has 1 N–H and O–H groups in total. The summed E-state index contributed by atoms with van der Waals surface area (Å²) in [5.41, 5.74) is 0. The summed E-state index contributed by atoms with van der Waals surface area (Å²) >= 11 is 0. The van der Waals surface area contributed by atoms with Crippen LogP contribution >= 0.6 is 0 Å². The fraction of sp³-hybridized carbons (Fsp3) is 0.600. The van der Waals surface area contributed by atoms with Gasteiger partial charge in [-0.2, -0.15) is 10.2 Å². The van der Waals surface area contributed by atoms with Crippen molar-refractivity contribution < 1.29 is 5.21 Å². The SMILES string of the molecule is CCN1CC=CN1O. The van der Waals surface area contributed by atoms with Crippen LogP contribution in [0, 0.1) is 0 Å². The minimum Gasteiger partial charge on any atom is -0.273 e. The molecule has 0 atom stereocenters. The first-order valence-electron chi connectivity index (χ1n) is 2.74. The molecule has 46 valence electrons. The third-order valence-electron chi connectivity index (χ3n) is 1.21. The van der Waals surface area contributed by atoms with Crippen molar-refractivity contribution in [2.75, 3.05) is 13.1 Å². The third kappa shape index (κ3) is 0.827. The van der Waals surface area contributed by atoms with Gasteiger partial charge in [0.1, 0.15) is 0 Å². The van der Waals surface area contributed by atoms with E-state index in [9.17, 15) is 0 Å². The van der Waals surface area contributed by atoms with Crippen molar-refractivity contribution in [2.24, 2.45) is 0 Å². The van der Waals surface area contributed by atoms with E-state index in [1.807, 2.05) is 13.0 Å². The Balaban J connectivity index is 2.38. The van der Waals surface area contributed by atoms with E-state index < -0.39 is 0 Å². The first-order valence-corrected chi connectivity index (χ1v) is 2.74. The molecule has 0 amide bonds. The number of hydrogen-bond donors (Lipinski definition) is 1. The normalized spacial score (nSPS) is 20.5. The van der Waals surface area contributed by atoms with Crippen LogP contribution in [0.25, 0.3) is 0 Å². The third-order valence-corrected chi connectivity index (χ3v) is 1.21. The lowest BCUT2D eigenvalue weighted by Crippen LogP contribution is -2.31. The van der Waals surface area contributed by atoms with Gasteiger partial charge in [0.15, 0.2) is 0 Å². The molecule has 0 saturated carbocycles. The van der Waals surface area contributed by atoms with E-state index in [0.717, 1.165) is 18.3 Å².